The summed E-state index contributed by atoms with van der Waals surface area (Å²) in [6, 6.07) is -3.55. The molecule has 1 heterocycles. The standard InChI is InChI=1S/C11H13F3N4O7/c12-11(13,14)10(24)16-6-3(17-18-15)1-5(9(22)23)25-8(6)7(21)4(20)2-19/h1,3-4,6-8,19-21H,2H2,(H,16,24)(H,22,23)/t3?,4-,6-,7-,8-/m1/s1. The highest BCUT2D eigenvalue weighted by molar-refractivity contribution is 5.85. The number of aliphatic carboxylic acids is 1. The van der Waals surface area contributed by atoms with Crippen molar-refractivity contribution in [2.24, 2.45) is 5.11 Å². The quantitative estimate of drug-likeness (QED) is 0.220. The van der Waals surface area contributed by atoms with E-state index >= 15 is 0 Å². The van der Waals surface area contributed by atoms with E-state index in [1.54, 1.807) is 0 Å². The molecule has 1 aliphatic heterocycles. The van der Waals surface area contributed by atoms with Gasteiger partial charge in [0.1, 0.15) is 18.3 Å². The summed E-state index contributed by atoms with van der Waals surface area (Å²) in [7, 11) is 0. The number of aliphatic hydroxyl groups excluding tert-OH is 3. The molecule has 0 bridgehead atoms. The van der Waals surface area contributed by atoms with E-state index in [4.69, 9.17) is 20.5 Å². The van der Waals surface area contributed by atoms with Crippen LogP contribution < -0.4 is 5.32 Å². The third kappa shape index (κ3) is 4.96. The number of hydrogen-bond donors (Lipinski definition) is 5. The van der Waals surface area contributed by atoms with Crippen molar-refractivity contribution >= 4 is 11.9 Å². The lowest BCUT2D eigenvalue weighted by Crippen LogP contribution is -2.61. The highest BCUT2D eigenvalue weighted by Gasteiger charge is 2.47. The molecule has 0 fully saturated rings. The number of ether oxygens (including phenoxy) is 1. The summed E-state index contributed by atoms with van der Waals surface area (Å²) in [5.74, 6) is -5.05. The number of aliphatic hydroxyl groups is 3. The molecule has 0 aromatic heterocycles. The zero-order valence-electron chi connectivity index (χ0n) is 12.2. The van der Waals surface area contributed by atoms with Gasteiger partial charge in [-0.05, 0) is 11.6 Å². The molecule has 5 atom stereocenters. The van der Waals surface area contributed by atoms with Crippen molar-refractivity contribution in [1.82, 2.24) is 5.32 Å². The Kier molecular flexibility index (Phi) is 6.58. The van der Waals surface area contributed by atoms with Crippen LogP contribution >= 0.6 is 0 Å². The van der Waals surface area contributed by atoms with E-state index in [1.807, 2.05) is 0 Å². The number of azide groups is 1. The number of nitrogens with zero attached hydrogens (tertiary/aromatic N) is 3. The lowest BCUT2D eigenvalue weighted by Gasteiger charge is -2.38. The minimum absolute atomic E-state index is 0.637. The number of carbonyl (C=O) groups is 2. The second kappa shape index (κ2) is 8.02. The van der Waals surface area contributed by atoms with E-state index in [0.717, 1.165) is 0 Å². The van der Waals surface area contributed by atoms with Crippen molar-refractivity contribution in [1.29, 1.82) is 0 Å². The number of halogens is 3. The van der Waals surface area contributed by atoms with Gasteiger partial charge in [-0.3, -0.25) is 4.79 Å². The number of alkyl halides is 3. The lowest BCUT2D eigenvalue weighted by atomic mass is 9.92. The molecule has 0 aromatic rings. The van der Waals surface area contributed by atoms with Gasteiger partial charge in [0.15, 0.2) is 0 Å². The molecule has 0 radical (unpaired) electrons. The normalized spacial score (nSPS) is 25.7. The van der Waals surface area contributed by atoms with Crippen LogP contribution in [0.5, 0.6) is 0 Å². The first kappa shape index (κ1) is 20.5. The fraction of sp³-hybridized carbons (Fsp3) is 0.636. The molecule has 0 saturated heterocycles. The summed E-state index contributed by atoms with van der Waals surface area (Å²) >= 11 is 0. The fourth-order valence-electron chi connectivity index (χ4n) is 2.01. The van der Waals surface area contributed by atoms with Gasteiger partial charge in [0.05, 0.1) is 18.7 Å². The molecule has 1 amide bonds. The Balaban J connectivity index is 3.31. The average Bonchev–Trinajstić information content (AvgIpc) is 2.53. The van der Waals surface area contributed by atoms with Crippen LogP contribution in [0.2, 0.25) is 0 Å². The molecular weight excluding hydrogens is 357 g/mol. The number of nitrogens with one attached hydrogen (secondary N) is 1. The van der Waals surface area contributed by atoms with Crippen molar-refractivity contribution in [3.63, 3.8) is 0 Å². The Hall–Kier alpha value is -2.54. The SMILES string of the molecule is [N-]=[N+]=NC1C=C(C(=O)O)O[C@@H]([C@H](O)[C@H](O)CO)[C@@H]1NC(=O)C(F)(F)F. The zero-order chi connectivity index (χ0) is 19.4. The maximum atomic E-state index is 12.5. The Labute approximate surface area is 136 Å². The van der Waals surface area contributed by atoms with Crippen molar-refractivity contribution in [3.8, 4) is 0 Å². The molecule has 1 aliphatic rings. The topological polar surface area (TPSA) is 185 Å². The number of hydrogen-bond acceptors (Lipinski definition) is 7. The fourth-order valence-corrected chi connectivity index (χ4v) is 2.01. The summed E-state index contributed by atoms with van der Waals surface area (Å²) in [4.78, 5) is 24.5. The van der Waals surface area contributed by atoms with Crippen LogP contribution in [-0.4, -0.2) is 75.5 Å². The van der Waals surface area contributed by atoms with Crippen LogP contribution in [0.1, 0.15) is 0 Å². The van der Waals surface area contributed by atoms with Gasteiger partial charge in [0, 0.05) is 4.91 Å². The van der Waals surface area contributed by atoms with E-state index < -0.39 is 60.8 Å². The molecule has 5 N–H and O–H groups in total. The number of rotatable bonds is 6. The molecule has 1 rings (SSSR count). The van der Waals surface area contributed by atoms with Crippen molar-refractivity contribution in [2.75, 3.05) is 6.61 Å². The van der Waals surface area contributed by atoms with E-state index in [0.29, 0.717) is 6.08 Å². The number of carbonyl (C=O) groups excluding carboxylic acids is 1. The lowest BCUT2D eigenvalue weighted by molar-refractivity contribution is -0.177. The van der Waals surface area contributed by atoms with Crippen molar-refractivity contribution < 1.29 is 47.9 Å². The molecule has 0 aliphatic carbocycles. The minimum Gasteiger partial charge on any atom is -0.478 e. The third-order valence-electron chi connectivity index (χ3n) is 3.18. The predicted octanol–water partition coefficient (Wildman–Crippen LogP) is -1.21. The first-order valence-electron chi connectivity index (χ1n) is 6.53. The van der Waals surface area contributed by atoms with E-state index in [2.05, 4.69) is 10.0 Å². The average molecular weight is 370 g/mol. The van der Waals surface area contributed by atoms with E-state index in [1.165, 1.54) is 5.32 Å². The Morgan fingerprint density at radius 2 is 2.04 bits per heavy atom. The van der Waals surface area contributed by atoms with Crippen LogP contribution in [0.3, 0.4) is 0 Å². The van der Waals surface area contributed by atoms with Gasteiger partial charge in [-0.2, -0.15) is 13.2 Å². The van der Waals surface area contributed by atoms with Gasteiger partial charge in [0.25, 0.3) is 0 Å². The maximum absolute atomic E-state index is 12.5. The molecule has 14 heteroatoms. The van der Waals surface area contributed by atoms with Crippen LogP contribution in [0.4, 0.5) is 13.2 Å². The Bertz CT molecular complexity index is 605. The molecule has 0 aromatic carbocycles. The monoisotopic (exact) mass is 370 g/mol. The Morgan fingerprint density at radius 1 is 1.44 bits per heavy atom. The second-order valence-corrected chi connectivity index (χ2v) is 4.85. The molecule has 1 unspecified atom stereocenters. The van der Waals surface area contributed by atoms with Crippen LogP contribution in [-0.2, 0) is 14.3 Å². The minimum atomic E-state index is -5.33. The van der Waals surface area contributed by atoms with Gasteiger partial charge in [-0.25, -0.2) is 4.79 Å². The first-order valence-corrected chi connectivity index (χ1v) is 6.53. The summed E-state index contributed by atoms with van der Waals surface area (Å²) in [6.45, 7) is -1.04. The van der Waals surface area contributed by atoms with Crippen molar-refractivity contribution in [3.05, 3.63) is 22.3 Å². The molecule has 25 heavy (non-hydrogen) atoms. The van der Waals surface area contributed by atoms with Crippen LogP contribution in [0, 0.1) is 0 Å². The molecule has 0 spiro atoms. The smallest absolute Gasteiger partial charge is 0.471 e. The highest BCUT2D eigenvalue weighted by Crippen LogP contribution is 2.26. The number of carboxylic acid groups (broad SMARTS) is 1. The van der Waals surface area contributed by atoms with Gasteiger partial charge >= 0.3 is 18.1 Å². The number of amides is 1. The van der Waals surface area contributed by atoms with E-state index in [-0.39, 0.29) is 0 Å². The van der Waals surface area contributed by atoms with Crippen LogP contribution in [0.15, 0.2) is 16.9 Å². The summed E-state index contributed by atoms with van der Waals surface area (Å²) < 4.78 is 42.2. The largest absolute Gasteiger partial charge is 0.478 e. The van der Waals surface area contributed by atoms with E-state index in [9.17, 15) is 33.0 Å². The number of carboxylic acids is 1. The van der Waals surface area contributed by atoms with Gasteiger partial charge < -0.3 is 30.5 Å². The van der Waals surface area contributed by atoms with Crippen LogP contribution in [0.25, 0.3) is 10.4 Å². The first-order chi connectivity index (χ1) is 11.5. The summed E-state index contributed by atoms with van der Waals surface area (Å²) in [5, 5.41) is 41.6. The predicted molar refractivity (Wildman–Crippen MR) is 70.6 cm³/mol. The van der Waals surface area contributed by atoms with Gasteiger partial charge in [-0.15, -0.1) is 0 Å². The highest BCUT2D eigenvalue weighted by atomic mass is 19.4. The summed E-state index contributed by atoms with van der Waals surface area (Å²) in [6.07, 6.45) is -10.7. The zero-order valence-corrected chi connectivity index (χ0v) is 12.2. The van der Waals surface area contributed by atoms with Gasteiger partial charge in [0.2, 0.25) is 5.76 Å². The molecule has 0 saturated carbocycles. The Morgan fingerprint density at radius 3 is 2.48 bits per heavy atom. The molecular formula is C11H13F3N4O7. The second-order valence-electron chi connectivity index (χ2n) is 4.85. The maximum Gasteiger partial charge on any atom is 0.471 e. The molecule has 140 valence electrons. The molecule has 11 nitrogen and oxygen atoms in total. The summed E-state index contributed by atoms with van der Waals surface area (Å²) in [5.41, 5.74) is 8.49. The third-order valence-corrected chi connectivity index (χ3v) is 3.18. The van der Waals surface area contributed by atoms with Gasteiger partial charge in [-0.1, -0.05) is 5.11 Å². The van der Waals surface area contributed by atoms with Crippen molar-refractivity contribution in [2.45, 2.75) is 36.6 Å².